The number of halogens is 4. The number of benzene rings is 2. The minimum Gasteiger partial charge on any atom is -0.490 e. The van der Waals surface area contributed by atoms with Crippen molar-refractivity contribution in [2.45, 2.75) is 74.8 Å². The van der Waals surface area contributed by atoms with Gasteiger partial charge in [-0.2, -0.15) is 13.2 Å². The average Bonchev–Trinajstić information content (AvgIpc) is 3.09. The van der Waals surface area contributed by atoms with Crippen LogP contribution < -0.4 is 14.4 Å². The molecule has 2 heterocycles. The number of hydrogen-bond donors (Lipinski definition) is 2. The van der Waals surface area contributed by atoms with Crippen LogP contribution in [0.5, 0.6) is 5.75 Å². The normalized spacial score (nSPS) is 32.3. The maximum Gasteiger partial charge on any atom is 0.390 e. The number of nitrogens with zero attached hydrogens (tertiary/aromatic N) is 1. The van der Waals surface area contributed by atoms with Gasteiger partial charge in [-0.1, -0.05) is 36.7 Å². The molecule has 244 valence electrons. The highest BCUT2D eigenvalue weighted by Crippen LogP contribution is 2.47. The number of alkyl halides is 3. The zero-order chi connectivity index (χ0) is 32.1. The molecule has 1 amide bonds. The molecule has 45 heavy (non-hydrogen) atoms. The SMILES string of the molecule is C[C@H]1C/C=C\[C@H](O)[C@@H]2CC[C@H]2CN2C[C@@]3(CCCc4cc(Cl)ccc43)COc3ccc(cc32)C(=O)NS(=O)(=O)[C@H]1CC(F)(F)F. The summed E-state index contributed by atoms with van der Waals surface area (Å²) in [4.78, 5) is 15.6. The molecule has 12 heteroatoms. The third kappa shape index (κ3) is 6.58. The monoisotopic (exact) mass is 666 g/mol. The smallest absolute Gasteiger partial charge is 0.390 e. The molecule has 7 nitrogen and oxygen atoms in total. The van der Waals surface area contributed by atoms with E-state index >= 15 is 0 Å². The van der Waals surface area contributed by atoms with E-state index in [1.54, 1.807) is 24.3 Å². The Kier molecular flexibility index (Phi) is 8.67. The lowest BCUT2D eigenvalue weighted by atomic mass is 9.68. The Hall–Kier alpha value is -2.76. The number of aliphatic hydroxyl groups is 1. The van der Waals surface area contributed by atoms with Crippen molar-refractivity contribution in [3.8, 4) is 5.75 Å². The van der Waals surface area contributed by atoms with Gasteiger partial charge in [0.25, 0.3) is 5.91 Å². The fourth-order valence-corrected chi connectivity index (χ4v) is 9.50. The van der Waals surface area contributed by atoms with E-state index in [1.165, 1.54) is 24.1 Å². The summed E-state index contributed by atoms with van der Waals surface area (Å²) in [5.41, 5.74) is 2.59. The van der Waals surface area contributed by atoms with E-state index in [4.69, 9.17) is 16.3 Å². The first-order chi connectivity index (χ1) is 21.2. The van der Waals surface area contributed by atoms with Crippen LogP contribution in [-0.4, -0.2) is 56.7 Å². The van der Waals surface area contributed by atoms with Crippen molar-refractivity contribution < 1.29 is 36.2 Å². The highest BCUT2D eigenvalue weighted by atomic mass is 35.5. The Morgan fingerprint density at radius 1 is 1.18 bits per heavy atom. The first-order valence-corrected chi connectivity index (χ1v) is 17.5. The number of fused-ring (bicyclic) bond motifs is 4. The average molecular weight is 667 g/mol. The number of ether oxygens (including phenoxy) is 1. The number of amides is 1. The molecule has 0 aromatic heterocycles. The van der Waals surface area contributed by atoms with Gasteiger partial charge in [-0.05, 0) is 97.7 Å². The van der Waals surface area contributed by atoms with Gasteiger partial charge in [-0.25, -0.2) is 13.1 Å². The molecule has 2 aliphatic heterocycles. The number of sulfonamides is 1. The summed E-state index contributed by atoms with van der Waals surface area (Å²) in [5, 5.41) is 9.88. The Morgan fingerprint density at radius 3 is 2.71 bits per heavy atom. The Labute approximate surface area is 266 Å². The maximum absolute atomic E-state index is 13.5. The van der Waals surface area contributed by atoms with Gasteiger partial charge >= 0.3 is 6.18 Å². The summed E-state index contributed by atoms with van der Waals surface area (Å²) in [6.07, 6.45) is 0.369. The predicted molar refractivity (Wildman–Crippen MR) is 166 cm³/mol. The molecular weight excluding hydrogens is 629 g/mol. The van der Waals surface area contributed by atoms with Crippen LogP contribution in [0.3, 0.4) is 0 Å². The van der Waals surface area contributed by atoms with Crippen LogP contribution in [0.4, 0.5) is 18.9 Å². The van der Waals surface area contributed by atoms with Gasteiger partial charge < -0.3 is 14.7 Å². The zero-order valence-electron chi connectivity index (χ0n) is 25.0. The largest absolute Gasteiger partial charge is 0.490 e. The second-order valence-corrected chi connectivity index (χ2v) is 15.6. The third-order valence-corrected chi connectivity index (χ3v) is 12.3. The van der Waals surface area contributed by atoms with Crippen LogP contribution >= 0.6 is 11.6 Å². The molecule has 2 aromatic carbocycles. The zero-order valence-corrected chi connectivity index (χ0v) is 26.6. The van der Waals surface area contributed by atoms with Crippen molar-refractivity contribution >= 4 is 33.2 Å². The van der Waals surface area contributed by atoms with Crippen LogP contribution in [0.15, 0.2) is 48.6 Å². The van der Waals surface area contributed by atoms with Crippen molar-refractivity contribution in [3.63, 3.8) is 0 Å². The van der Waals surface area contributed by atoms with E-state index < -0.39 is 45.8 Å². The van der Waals surface area contributed by atoms with Gasteiger partial charge in [-0.3, -0.25) is 4.79 Å². The van der Waals surface area contributed by atoms with Crippen LogP contribution in [-0.2, 0) is 21.9 Å². The second kappa shape index (κ2) is 12.1. The number of rotatable bonds is 1. The lowest BCUT2D eigenvalue weighted by Gasteiger charge is -2.45. The van der Waals surface area contributed by atoms with Crippen molar-refractivity contribution in [1.29, 1.82) is 0 Å². The van der Waals surface area contributed by atoms with Gasteiger partial charge in [0.15, 0.2) is 0 Å². The molecule has 4 aliphatic rings. The molecule has 2 aromatic rings. The highest BCUT2D eigenvalue weighted by molar-refractivity contribution is 7.90. The number of carbonyl (C=O) groups excluding carboxylic acids is 1. The summed E-state index contributed by atoms with van der Waals surface area (Å²) in [6, 6.07) is 10.6. The number of allylic oxidation sites excluding steroid dienone is 1. The molecule has 0 saturated heterocycles. The number of hydrogen-bond acceptors (Lipinski definition) is 6. The molecular formula is C33H38ClF3N2O5S. The van der Waals surface area contributed by atoms with E-state index in [1.807, 2.05) is 16.9 Å². The molecule has 2 aliphatic carbocycles. The van der Waals surface area contributed by atoms with E-state index in [0.29, 0.717) is 36.2 Å². The molecule has 1 saturated carbocycles. The molecule has 0 unspecified atom stereocenters. The predicted octanol–water partition coefficient (Wildman–Crippen LogP) is 6.18. The van der Waals surface area contributed by atoms with Crippen molar-refractivity contribution in [2.75, 3.05) is 24.6 Å². The molecule has 2 bridgehead atoms. The van der Waals surface area contributed by atoms with E-state index in [2.05, 4.69) is 11.0 Å². The van der Waals surface area contributed by atoms with Crippen molar-refractivity contribution in [1.82, 2.24) is 4.72 Å². The summed E-state index contributed by atoms with van der Waals surface area (Å²) < 4.78 is 75.6. The standard InChI is InChI=1S/C33H38ClF3N2O5S/c1-20-4-2-6-28(40)25-10-7-23(25)17-39-18-32(13-3-5-21-14-24(34)9-11-26(21)32)19-44-29-12-8-22(15-27(29)39)31(41)38-45(42,43)30(20)16-33(35,36)37/h2,6,8-9,11-12,14-15,20,23,25,28,30,40H,3-5,7,10,13,16-19H2,1H3,(H,38,41)/b6-2-/t20-,23-,25+,28-,30-,32-/m0/s1. The first-order valence-electron chi connectivity index (χ1n) is 15.5. The van der Waals surface area contributed by atoms with Gasteiger partial charge in [0, 0.05) is 29.1 Å². The highest BCUT2D eigenvalue weighted by Gasteiger charge is 2.45. The molecule has 1 fully saturated rings. The Morgan fingerprint density at radius 2 is 1.98 bits per heavy atom. The number of aliphatic hydroxyl groups excluding tert-OH is 1. The van der Waals surface area contributed by atoms with Gasteiger partial charge in [0.2, 0.25) is 10.0 Å². The minimum absolute atomic E-state index is 0.00144. The summed E-state index contributed by atoms with van der Waals surface area (Å²) in [7, 11) is -4.73. The first kappa shape index (κ1) is 32.2. The number of anilines is 1. The van der Waals surface area contributed by atoms with Crippen LogP contribution in [0.1, 0.15) is 66.9 Å². The Bertz CT molecular complexity index is 1600. The van der Waals surface area contributed by atoms with E-state index in [0.717, 1.165) is 32.1 Å². The molecule has 6 atom stereocenters. The fourth-order valence-electron chi connectivity index (χ4n) is 7.65. The number of carbonyl (C=O) groups is 1. The summed E-state index contributed by atoms with van der Waals surface area (Å²) >= 11 is 6.35. The quantitative estimate of drug-likeness (QED) is 0.353. The van der Waals surface area contributed by atoms with E-state index in [-0.39, 0.29) is 29.2 Å². The molecule has 1 spiro atoms. The Balaban J connectivity index is 1.42. The van der Waals surface area contributed by atoms with Crippen molar-refractivity contribution in [3.05, 3.63) is 70.3 Å². The van der Waals surface area contributed by atoms with Gasteiger partial charge in [0.05, 0.1) is 30.1 Å². The molecule has 2 N–H and O–H groups in total. The van der Waals surface area contributed by atoms with Crippen molar-refractivity contribution in [2.24, 2.45) is 17.8 Å². The van der Waals surface area contributed by atoms with Crippen LogP contribution in [0, 0.1) is 17.8 Å². The summed E-state index contributed by atoms with van der Waals surface area (Å²) in [5.74, 6) is -1.36. The minimum atomic E-state index is -4.76. The number of aryl methyl sites for hydroxylation is 1. The van der Waals surface area contributed by atoms with Gasteiger partial charge in [-0.15, -0.1) is 0 Å². The van der Waals surface area contributed by atoms with Gasteiger partial charge in [0.1, 0.15) is 5.75 Å². The topological polar surface area (TPSA) is 95.9 Å². The lowest BCUT2D eigenvalue weighted by Crippen LogP contribution is -2.49. The fraction of sp³-hybridized carbons (Fsp3) is 0.545. The van der Waals surface area contributed by atoms with Crippen LogP contribution in [0.2, 0.25) is 5.02 Å². The summed E-state index contributed by atoms with van der Waals surface area (Å²) in [6.45, 7) is 2.96. The number of nitrogens with one attached hydrogen (secondary N) is 1. The third-order valence-electron chi connectivity index (χ3n) is 10.2. The molecule has 6 rings (SSSR count). The van der Waals surface area contributed by atoms with E-state index in [9.17, 15) is 31.5 Å². The maximum atomic E-state index is 13.5. The second-order valence-electron chi connectivity index (χ2n) is 13.3. The lowest BCUT2D eigenvalue weighted by molar-refractivity contribution is -0.136. The van der Waals surface area contributed by atoms with Crippen LogP contribution in [0.25, 0.3) is 0 Å². The molecule has 0 radical (unpaired) electrons.